The smallest absolute Gasteiger partial charge is 0.423 e. The van der Waals surface area contributed by atoms with Gasteiger partial charge in [-0.25, -0.2) is 0 Å². The van der Waals surface area contributed by atoms with E-state index in [1.807, 2.05) is 134 Å². The van der Waals surface area contributed by atoms with Crippen LogP contribution in [0, 0.1) is 34.9 Å². The normalized spacial score (nSPS) is 10.7. The van der Waals surface area contributed by atoms with Gasteiger partial charge >= 0.3 is 7.12 Å². The third-order valence-corrected chi connectivity index (χ3v) is 15.4. The van der Waals surface area contributed by atoms with Gasteiger partial charge in [-0.2, -0.15) is 0 Å². The Labute approximate surface area is 709 Å². The van der Waals surface area contributed by atoms with Gasteiger partial charge in [0.15, 0.2) is 0 Å². The SMILES string of the molecule is C#CC(=O)NCC.CCCC(=O)C#Cc1ccc(C(=O)NCC)cc1.CCN1C(=O)C=CC1=O.CCNC(=O)c1ccc(B(O)O)cc1.CCNC(=O)c1ccc(C2=CC(=O)N(CC)C2=O)cc1.CCNC(=O)c1ccc(I)cc1.CCNC(=O)c1ccc(I)cc1.CCNC(=O)c1ccc(I)cc1.[Pd].[Pd].[Pd]. The van der Waals surface area contributed by atoms with Crippen molar-refractivity contribution < 1.29 is 129 Å². The second kappa shape index (κ2) is 60.3. The number of halogens is 3. The Kier molecular flexibility index (Phi) is 58.3. The van der Waals surface area contributed by atoms with Gasteiger partial charge in [-0.3, -0.25) is 67.3 Å². The Bertz CT molecular complexity index is 3830. The number of imide groups is 2. The van der Waals surface area contributed by atoms with Crippen LogP contribution in [0.5, 0.6) is 0 Å². The molecule has 2 aliphatic rings. The Morgan fingerprint density at radius 3 is 0.944 bits per heavy atom. The minimum Gasteiger partial charge on any atom is -0.423 e. The third-order valence-electron chi connectivity index (χ3n) is 13.3. The first-order chi connectivity index (χ1) is 49.7. The van der Waals surface area contributed by atoms with E-state index >= 15 is 0 Å². The van der Waals surface area contributed by atoms with Crippen LogP contribution in [0.2, 0.25) is 0 Å². The van der Waals surface area contributed by atoms with Crippen molar-refractivity contribution in [3.63, 3.8) is 0 Å². The summed E-state index contributed by atoms with van der Waals surface area (Å²) < 4.78 is 3.42. The van der Waals surface area contributed by atoms with E-state index in [2.05, 4.69) is 117 Å². The first kappa shape index (κ1) is 103. The number of carbonyl (C=O) groups excluding carboxylic acids is 12. The monoisotopic (exact) mass is 2070 g/mol. The Morgan fingerprint density at radius 2 is 0.701 bits per heavy atom. The van der Waals surface area contributed by atoms with Gasteiger partial charge in [0.2, 0.25) is 5.78 Å². The van der Waals surface area contributed by atoms with Crippen molar-refractivity contribution in [1.82, 2.24) is 47.0 Å². The predicted molar refractivity (Wildman–Crippen MR) is 431 cm³/mol. The molecule has 0 saturated heterocycles. The number of amides is 11. The summed E-state index contributed by atoms with van der Waals surface area (Å²) in [5.74, 6) is 5.48. The van der Waals surface area contributed by atoms with Crippen molar-refractivity contribution in [2.75, 3.05) is 58.9 Å². The molecule has 0 fully saturated rings. The first-order valence-electron chi connectivity index (χ1n) is 33.2. The molecule has 9 N–H and O–H groups in total. The van der Waals surface area contributed by atoms with Crippen LogP contribution in [0.1, 0.15) is 155 Å². The molecule has 0 aliphatic carbocycles. The fourth-order valence-electron chi connectivity index (χ4n) is 8.09. The van der Waals surface area contributed by atoms with Gasteiger partial charge in [0.25, 0.3) is 65.0 Å². The van der Waals surface area contributed by atoms with Crippen molar-refractivity contribution in [2.24, 2.45) is 0 Å². The Morgan fingerprint density at radius 1 is 0.411 bits per heavy atom. The summed E-state index contributed by atoms with van der Waals surface area (Å²) in [6.45, 7) is 23.7. The minimum absolute atomic E-state index is 0. The van der Waals surface area contributed by atoms with E-state index in [9.17, 15) is 57.5 Å². The van der Waals surface area contributed by atoms with E-state index in [0.717, 1.165) is 39.4 Å². The molecule has 0 atom stereocenters. The largest absolute Gasteiger partial charge is 0.488 e. The molecule has 30 heteroatoms. The molecular formula is C77H89BI3N9O14Pd3. The summed E-state index contributed by atoms with van der Waals surface area (Å²) in [6.07, 6.45) is 9.90. The Hall–Kier alpha value is -7.68. The summed E-state index contributed by atoms with van der Waals surface area (Å²) in [7, 11) is -1.49. The summed E-state index contributed by atoms with van der Waals surface area (Å²) in [5.41, 5.74) is 5.93. The van der Waals surface area contributed by atoms with Crippen LogP contribution in [0.3, 0.4) is 0 Å². The van der Waals surface area contributed by atoms with Gasteiger partial charge in [-0.05, 0) is 281 Å². The van der Waals surface area contributed by atoms with Gasteiger partial charge < -0.3 is 47.3 Å². The average Bonchev–Trinajstić information content (AvgIpc) is 1.68. The fourth-order valence-corrected chi connectivity index (χ4v) is 9.17. The summed E-state index contributed by atoms with van der Waals surface area (Å²) in [5, 5.41) is 36.3. The second-order valence-electron chi connectivity index (χ2n) is 21.0. The van der Waals surface area contributed by atoms with Crippen LogP contribution < -0.4 is 42.7 Å². The van der Waals surface area contributed by atoms with E-state index in [4.69, 9.17) is 16.5 Å². The quantitative estimate of drug-likeness (QED) is 0.0159. The zero-order valence-electron chi connectivity index (χ0n) is 60.8. The van der Waals surface area contributed by atoms with Crippen molar-refractivity contribution in [3.05, 3.63) is 219 Å². The summed E-state index contributed by atoms with van der Waals surface area (Å²) in [4.78, 5) is 137. The van der Waals surface area contributed by atoms with E-state index in [0.29, 0.717) is 98.6 Å². The van der Waals surface area contributed by atoms with Crippen molar-refractivity contribution in [3.8, 4) is 24.2 Å². The maximum atomic E-state index is 12.0. The molecule has 11 amide bonds. The maximum absolute atomic E-state index is 12.0. The van der Waals surface area contributed by atoms with E-state index in [-0.39, 0.29) is 132 Å². The predicted octanol–water partition coefficient (Wildman–Crippen LogP) is 8.28. The molecule has 0 aromatic heterocycles. The van der Waals surface area contributed by atoms with Gasteiger partial charge in [0.1, 0.15) is 0 Å². The number of Topliss-reactive ketones (excluding diaryl/α,β-unsaturated/α-hetero) is 1. The minimum atomic E-state index is -1.49. The van der Waals surface area contributed by atoms with Crippen molar-refractivity contribution in [2.45, 2.75) is 82.1 Å². The van der Waals surface area contributed by atoms with Crippen LogP contribution in [0.15, 0.2) is 164 Å². The van der Waals surface area contributed by atoms with Crippen LogP contribution in [-0.2, 0) is 90.0 Å². The molecule has 6 aromatic rings. The molecule has 0 spiro atoms. The standard InChI is InChI=1S/C15H16N2O3.C15H17NO2.C9H12BNO3.3C9H10INO.C6H7NO2.C5H7NO.3Pd/c1-3-16-14(19)11-7-5-10(6-8-11)12-9-13(18)17(4-2)15(12)20;1-3-5-14(17)11-8-12-6-9-13(10-7-12)15(18)16-4-2;1-2-11-9(12)7-3-5-8(6-4-7)10(13)14;3*1-2-11-9(12)7-3-5-8(10)6-4-7;1-2-7-5(8)3-4-6(7)9;1-3-5(7)6-4-2;;;/h5-9H,3-4H2,1-2H3,(H,16,19);6-7,9-10H,3-5H2,1-2H3,(H,16,18);3-6,13-14H,2H2,1H3,(H,11,12);3*3-6H,2H2,1H3,(H,11,12);3-4H,2H2,1H3;1H,4H2,2H3,(H,6,7);;;. The number of terminal acetylenes is 1. The first-order valence-corrected chi connectivity index (χ1v) is 36.4. The number of hydrogen-bond acceptors (Lipinski definition) is 14. The molecular weight excluding hydrogens is 1990 g/mol. The zero-order chi connectivity index (χ0) is 78.1. The summed E-state index contributed by atoms with van der Waals surface area (Å²) in [6, 6.07) is 42.2. The van der Waals surface area contributed by atoms with Crippen LogP contribution in [-0.4, -0.2) is 157 Å². The number of likely N-dealkylation sites (N-methyl/N-ethyl adjacent to an activating group) is 2. The molecule has 6 aromatic carbocycles. The van der Waals surface area contributed by atoms with Gasteiger partial charge in [0.05, 0.1) is 5.57 Å². The van der Waals surface area contributed by atoms with E-state index < -0.39 is 7.12 Å². The molecule has 0 bridgehead atoms. The number of nitrogens with zero attached hydrogens (tertiary/aromatic N) is 2. The second-order valence-corrected chi connectivity index (χ2v) is 24.7. The topological polar surface area (TPSA) is 336 Å². The molecule has 0 radical (unpaired) electrons. The van der Waals surface area contributed by atoms with Crippen LogP contribution >= 0.6 is 67.8 Å². The van der Waals surface area contributed by atoms with Gasteiger partial charge in [-0.1, -0.05) is 37.1 Å². The van der Waals surface area contributed by atoms with Gasteiger partial charge in [0, 0.05) is 194 Å². The van der Waals surface area contributed by atoms with E-state index in [1.54, 1.807) is 74.5 Å². The number of carbonyl (C=O) groups is 12. The van der Waals surface area contributed by atoms with Crippen LogP contribution in [0.25, 0.3) is 5.57 Å². The number of rotatable bonds is 19. The molecule has 23 nitrogen and oxygen atoms in total. The molecule has 8 rings (SSSR count). The molecule has 2 heterocycles. The van der Waals surface area contributed by atoms with Gasteiger partial charge in [-0.15, -0.1) is 6.42 Å². The molecule has 2 aliphatic heterocycles. The van der Waals surface area contributed by atoms with Crippen molar-refractivity contribution >= 4 is 157 Å². The van der Waals surface area contributed by atoms with Crippen LogP contribution in [0.4, 0.5) is 0 Å². The molecule has 0 saturated carbocycles. The summed E-state index contributed by atoms with van der Waals surface area (Å²) >= 11 is 6.63. The zero-order valence-corrected chi connectivity index (χ0v) is 71.9. The average molecular weight is 2080 g/mol. The third kappa shape index (κ3) is 41.5. The number of nitrogens with one attached hydrogen (secondary N) is 7. The Balaban J connectivity index is -0.00000117. The van der Waals surface area contributed by atoms with E-state index in [1.165, 1.54) is 40.2 Å². The molecule has 107 heavy (non-hydrogen) atoms. The molecule has 580 valence electrons. The maximum Gasteiger partial charge on any atom is 0.488 e. The van der Waals surface area contributed by atoms with Crippen molar-refractivity contribution in [1.29, 1.82) is 0 Å². The number of hydrogen-bond donors (Lipinski definition) is 9. The number of ketones is 1. The fraction of sp³-hybridized carbons (Fsp3) is 0.273. The molecule has 0 unspecified atom stereocenters. The number of benzene rings is 6.